The van der Waals surface area contributed by atoms with Crippen LogP contribution in [0.1, 0.15) is 38.5 Å². The van der Waals surface area contributed by atoms with E-state index in [1.54, 1.807) is 0 Å². The summed E-state index contributed by atoms with van der Waals surface area (Å²) in [6.07, 6.45) is 25.5. The molecule has 0 aliphatic heterocycles. The van der Waals surface area contributed by atoms with Gasteiger partial charge in [0.2, 0.25) is 0 Å². The van der Waals surface area contributed by atoms with Gasteiger partial charge < -0.3 is 0 Å². The minimum absolute atomic E-state index is 1.03. The second-order valence-electron chi connectivity index (χ2n) is 3.51. The molecule has 0 fully saturated rings. The van der Waals surface area contributed by atoms with Crippen LogP contribution in [-0.2, 0) is 0 Å². The van der Waals surface area contributed by atoms with Gasteiger partial charge >= 0.3 is 0 Å². The average Bonchev–Trinajstić information content (AvgIpc) is 2.22. The Balaban J connectivity index is 2.36. The largest absolute Gasteiger partial charge is 0.0882 e. The Kier molecular flexibility index (Phi) is 6.74. The Labute approximate surface area is 87.7 Å². The summed E-state index contributed by atoms with van der Waals surface area (Å²) >= 11 is 0. The molecule has 0 saturated heterocycles. The summed E-state index contributed by atoms with van der Waals surface area (Å²) in [6.45, 7) is 0. The van der Waals surface area contributed by atoms with Crippen molar-refractivity contribution in [1.82, 2.24) is 0 Å². The fourth-order valence-corrected chi connectivity index (χ4v) is 1.41. The zero-order chi connectivity index (χ0) is 9.90. The minimum Gasteiger partial charge on any atom is -0.0882 e. The third kappa shape index (κ3) is 6.47. The predicted molar refractivity (Wildman–Crippen MR) is 62.9 cm³/mol. The van der Waals surface area contributed by atoms with E-state index in [0.29, 0.717) is 0 Å². The van der Waals surface area contributed by atoms with Crippen molar-refractivity contribution in [3.63, 3.8) is 0 Å². The molecule has 14 heavy (non-hydrogen) atoms. The zero-order valence-corrected chi connectivity index (χ0v) is 8.78. The summed E-state index contributed by atoms with van der Waals surface area (Å²) in [7, 11) is 0. The summed E-state index contributed by atoms with van der Waals surface area (Å²) < 4.78 is 0. The molecule has 0 aromatic heterocycles. The van der Waals surface area contributed by atoms with E-state index < -0.39 is 0 Å². The van der Waals surface area contributed by atoms with Crippen LogP contribution in [-0.4, -0.2) is 0 Å². The van der Waals surface area contributed by atoms with Gasteiger partial charge in [0.25, 0.3) is 0 Å². The molecular formula is C14H19. The molecule has 0 atom stereocenters. The average molecular weight is 187 g/mol. The molecule has 1 radical (unpaired) electrons. The van der Waals surface area contributed by atoms with Crippen LogP contribution in [0.5, 0.6) is 0 Å². The highest BCUT2D eigenvalue weighted by atomic mass is 13.9. The van der Waals surface area contributed by atoms with Crippen LogP contribution < -0.4 is 0 Å². The first-order valence-corrected chi connectivity index (χ1v) is 5.54. The van der Waals surface area contributed by atoms with Crippen molar-refractivity contribution in [3.8, 4) is 0 Å². The van der Waals surface area contributed by atoms with Crippen LogP contribution in [0.3, 0.4) is 0 Å². The fraction of sp³-hybridized carbons (Fsp3) is 0.429. The van der Waals surface area contributed by atoms with Crippen LogP contribution in [0, 0.1) is 6.08 Å². The summed E-state index contributed by atoms with van der Waals surface area (Å²) in [5.74, 6) is 0. The monoisotopic (exact) mass is 187 g/mol. The minimum atomic E-state index is 1.03. The number of hydrogen-bond acceptors (Lipinski definition) is 0. The van der Waals surface area contributed by atoms with Gasteiger partial charge in [0.1, 0.15) is 0 Å². The first-order valence-electron chi connectivity index (χ1n) is 5.54. The van der Waals surface area contributed by atoms with Gasteiger partial charge in [-0.25, -0.2) is 0 Å². The lowest BCUT2D eigenvalue weighted by atomic mass is 10.1. The standard InChI is InChI=1S/C14H19/c1-2-4-6-8-10-12-14-13-11-9-7-5-3-1/h1-3,7,9,13-14H,4,6,8,10-12H2/b2-1-,5-3?,9-7+,14-13-. The van der Waals surface area contributed by atoms with Gasteiger partial charge in [-0.05, 0) is 38.2 Å². The molecule has 1 aliphatic rings. The van der Waals surface area contributed by atoms with Gasteiger partial charge in [0.05, 0.1) is 0 Å². The highest BCUT2D eigenvalue weighted by Gasteiger charge is 1.85. The van der Waals surface area contributed by atoms with E-state index in [4.69, 9.17) is 0 Å². The van der Waals surface area contributed by atoms with Crippen molar-refractivity contribution >= 4 is 0 Å². The summed E-state index contributed by atoms with van der Waals surface area (Å²) in [4.78, 5) is 0. The lowest BCUT2D eigenvalue weighted by molar-refractivity contribution is 0.695. The second kappa shape index (κ2) is 8.55. The van der Waals surface area contributed by atoms with Gasteiger partial charge in [-0.2, -0.15) is 0 Å². The Morgan fingerprint density at radius 3 is 2.57 bits per heavy atom. The lowest BCUT2D eigenvalue weighted by Crippen LogP contribution is -1.75. The van der Waals surface area contributed by atoms with E-state index in [1.807, 2.05) is 12.2 Å². The third-order valence-electron chi connectivity index (χ3n) is 2.22. The molecule has 0 spiro atoms. The van der Waals surface area contributed by atoms with Crippen LogP contribution in [0.25, 0.3) is 0 Å². The Morgan fingerprint density at radius 1 is 0.786 bits per heavy atom. The Morgan fingerprint density at radius 2 is 1.64 bits per heavy atom. The molecule has 0 heterocycles. The van der Waals surface area contributed by atoms with Crippen molar-refractivity contribution in [1.29, 1.82) is 0 Å². The van der Waals surface area contributed by atoms with Crippen molar-refractivity contribution in [2.45, 2.75) is 38.5 Å². The zero-order valence-electron chi connectivity index (χ0n) is 8.78. The molecule has 0 heteroatoms. The maximum Gasteiger partial charge on any atom is -0.0166 e. The fourth-order valence-electron chi connectivity index (χ4n) is 1.41. The quantitative estimate of drug-likeness (QED) is 0.494. The molecule has 1 aliphatic carbocycles. The molecule has 0 N–H and O–H groups in total. The molecule has 0 unspecified atom stereocenters. The number of hydrogen-bond donors (Lipinski definition) is 0. The molecule has 0 bridgehead atoms. The topological polar surface area (TPSA) is 0 Å². The van der Waals surface area contributed by atoms with Gasteiger partial charge in [-0.3, -0.25) is 0 Å². The summed E-state index contributed by atoms with van der Waals surface area (Å²) in [6, 6.07) is 0. The van der Waals surface area contributed by atoms with Gasteiger partial charge in [0, 0.05) is 0 Å². The second-order valence-corrected chi connectivity index (χ2v) is 3.51. The van der Waals surface area contributed by atoms with E-state index in [1.165, 1.54) is 32.1 Å². The maximum atomic E-state index is 3.11. The normalized spacial score (nSPS) is 28.6. The Hall–Kier alpha value is -1.04. The molecule has 0 saturated carbocycles. The van der Waals surface area contributed by atoms with Crippen LogP contribution >= 0.6 is 0 Å². The van der Waals surface area contributed by atoms with Crippen molar-refractivity contribution in [2.24, 2.45) is 0 Å². The highest BCUT2D eigenvalue weighted by Crippen LogP contribution is 2.05. The number of allylic oxidation sites excluding steroid dienone is 8. The van der Waals surface area contributed by atoms with Gasteiger partial charge in [-0.1, -0.05) is 49.0 Å². The van der Waals surface area contributed by atoms with Crippen LogP contribution in [0.4, 0.5) is 0 Å². The Bertz CT molecular complexity index is 228. The van der Waals surface area contributed by atoms with E-state index in [0.717, 1.165) is 6.42 Å². The third-order valence-corrected chi connectivity index (χ3v) is 2.22. The first kappa shape index (κ1) is 11.0. The smallest absolute Gasteiger partial charge is 0.0166 e. The molecule has 0 aromatic rings. The summed E-state index contributed by atoms with van der Waals surface area (Å²) in [5, 5.41) is 0. The highest BCUT2D eigenvalue weighted by molar-refractivity contribution is 5.07. The van der Waals surface area contributed by atoms with E-state index in [2.05, 4.69) is 36.5 Å². The SMILES string of the molecule is [C]1=C/C=C\CCCCC/C=C\C/C=C/1. The lowest BCUT2D eigenvalue weighted by Gasteiger charge is -1.94. The molecule has 0 nitrogen and oxygen atoms in total. The number of rotatable bonds is 0. The van der Waals surface area contributed by atoms with Crippen molar-refractivity contribution in [3.05, 3.63) is 48.6 Å². The maximum absolute atomic E-state index is 3.11. The molecule has 75 valence electrons. The predicted octanol–water partition coefficient (Wildman–Crippen LogP) is 4.37. The summed E-state index contributed by atoms with van der Waals surface area (Å²) in [5.41, 5.74) is 0. The molecular weight excluding hydrogens is 168 g/mol. The van der Waals surface area contributed by atoms with E-state index >= 15 is 0 Å². The van der Waals surface area contributed by atoms with Gasteiger partial charge in [-0.15, -0.1) is 0 Å². The van der Waals surface area contributed by atoms with E-state index in [-0.39, 0.29) is 0 Å². The van der Waals surface area contributed by atoms with Crippen LogP contribution in [0.15, 0.2) is 42.5 Å². The van der Waals surface area contributed by atoms with Crippen molar-refractivity contribution < 1.29 is 0 Å². The molecule has 0 amide bonds. The van der Waals surface area contributed by atoms with E-state index in [9.17, 15) is 0 Å². The first-order chi connectivity index (χ1) is 7.00. The molecule has 1 rings (SSSR count). The molecule has 0 aromatic carbocycles. The van der Waals surface area contributed by atoms with Crippen LogP contribution in [0.2, 0.25) is 0 Å². The van der Waals surface area contributed by atoms with Crippen molar-refractivity contribution in [2.75, 3.05) is 0 Å². The van der Waals surface area contributed by atoms with Gasteiger partial charge in [0.15, 0.2) is 0 Å².